The van der Waals surface area contributed by atoms with Gasteiger partial charge in [0, 0.05) is 49.0 Å². The number of primary amides is 3. The number of aryl methyl sites for hydroxylation is 1. The number of fused-ring (bicyclic) bond motifs is 1. The molecule has 1 aliphatic carbocycles. The second-order valence-corrected chi connectivity index (χ2v) is 21.4. The van der Waals surface area contributed by atoms with Gasteiger partial charge in [0.15, 0.2) is 28.9 Å². The maximum Gasteiger partial charge on any atom is 0.331 e. The summed E-state index contributed by atoms with van der Waals surface area (Å²) in [5.41, 5.74) is 12.4. The molecular formula is C54H54FN21O13S. The number of para-hydroxylation sites is 1. The van der Waals surface area contributed by atoms with Gasteiger partial charge in [-0.1, -0.05) is 47.9 Å². The van der Waals surface area contributed by atoms with Gasteiger partial charge < -0.3 is 36.9 Å². The zero-order valence-electron chi connectivity index (χ0n) is 47.7. The number of hydrogen-bond acceptors (Lipinski definition) is 23. The van der Waals surface area contributed by atoms with Crippen molar-refractivity contribution in [2.24, 2.45) is 31.3 Å². The predicted molar refractivity (Wildman–Crippen MR) is 311 cm³/mol. The molecule has 1 fully saturated rings. The van der Waals surface area contributed by atoms with Crippen LogP contribution in [0.1, 0.15) is 119 Å². The maximum absolute atomic E-state index is 13.8. The lowest BCUT2D eigenvalue weighted by atomic mass is 9.93. The van der Waals surface area contributed by atoms with E-state index in [0.29, 0.717) is 28.0 Å². The molecular weight excluding hydrogens is 1200 g/mol. The van der Waals surface area contributed by atoms with Crippen molar-refractivity contribution in [3.8, 4) is 12.3 Å². The molecule has 8 heterocycles. The summed E-state index contributed by atoms with van der Waals surface area (Å²) in [6.45, 7) is 1.50. The highest BCUT2D eigenvalue weighted by Crippen LogP contribution is 2.29. The summed E-state index contributed by atoms with van der Waals surface area (Å²) < 4.78 is 25.1. The van der Waals surface area contributed by atoms with E-state index < -0.39 is 75.6 Å². The number of nitrogens with zero attached hydrogens (tertiary/aromatic N) is 18. The highest BCUT2D eigenvalue weighted by atomic mass is 32.1. The number of terminal acetylenes is 1. The fourth-order valence-electron chi connectivity index (χ4n) is 8.96. The minimum absolute atomic E-state index is 0.0307. The van der Waals surface area contributed by atoms with E-state index in [0.717, 1.165) is 63.8 Å². The van der Waals surface area contributed by atoms with Crippen LogP contribution in [-0.4, -0.2) is 121 Å². The first-order valence-corrected chi connectivity index (χ1v) is 27.7. The van der Waals surface area contributed by atoms with Crippen LogP contribution in [0.25, 0.3) is 11.0 Å². The van der Waals surface area contributed by atoms with Crippen molar-refractivity contribution in [1.82, 2.24) is 88.0 Å². The van der Waals surface area contributed by atoms with Crippen LogP contribution in [-0.2, 0) is 53.4 Å². The van der Waals surface area contributed by atoms with Crippen molar-refractivity contribution in [2.75, 3.05) is 0 Å². The summed E-state index contributed by atoms with van der Waals surface area (Å²) in [5, 5.41) is 67.0. The number of hydrogen-bond donors (Lipinski definition) is 6. The zero-order chi connectivity index (χ0) is 64.8. The summed E-state index contributed by atoms with van der Waals surface area (Å²) in [4.78, 5) is 113. The van der Waals surface area contributed by atoms with Crippen LogP contribution in [0.3, 0.4) is 0 Å². The van der Waals surface area contributed by atoms with Crippen molar-refractivity contribution in [3.05, 3.63) is 208 Å². The molecule has 90 heavy (non-hydrogen) atoms. The van der Waals surface area contributed by atoms with Gasteiger partial charge in [0.05, 0.1) is 44.1 Å². The van der Waals surface area contributed by atoms with Crippen LogP contribution in [0, 0.1) is 25.1 Å². The highest BCUT2D eigenvalue weighted by molar-refractivity contribution is 7.12. The fraction of sp³-hybridized carbons (Fsp3) is 0.296. The summed E-state index contributed by atoms with van der Waals surface area (Å²) in [6, 6.07) is 16.6. The van der Waals surface area contributed by atoms with E-state index in [-0.39, 0.29) is 90.8 Å². The van der Waals surface area contributed by atoms with Gasteiger partial charge in [0.2, 0.25) is 0 Å². The van der Waals surface area contributed by atoms with E-state index in [9.17, 15) is 62.9 Å². The molecule has 3 amide bonds. The van der Waals surface area contributed by atoms with E-state index >= 15 is 0 Å². The summed E-state index contributed by atoms with van der Waals surface area (Å²) in [5.74, 6) is -0.317. The molecule has 11 rings (SSSR count). The molecule has 466 valence electrons. The van der Waals surface area contributed by atoms with Crippen LogP contribution >= 0.6 is 11.3 Å². The van der Waals surface area contributed by atoms with Crippen molar-refractivity contribution < 1.29 is 38.5 Å². The molecule has 0 bridgehead atoms. The molecule has 0 unspecified atom stereocenters. The van der Waals surface area contributed by atoms with Gasteiger partial charge in [0.25, 0.3) is 34.4 Å². The molecule has 8 aromatic heterocycles. The third-order valence-electron chi connectivity index (χ3n) is 14.0. The first-order valence-electron chi connectivity index (χ1n) is 26.9. The molecule has 3 atom stereocenters. The molecule has 0 spiro atoms. The van der Waals surface area contributed by atoms with Gasteiger partial charge in [-0.05, 0) is 71.7 Å². The van der Waals surface area contributed by atoms with E-state index in [4.69, 9.17) is 28.0 Å². The molecule has 1 saturated carbocycles. The Morgan fingerprint density at radius 3 is 1.57 bits per heavy atom. The van der Waals surface area contributed by atoms with Crippen molar-refractivity contribution in [3.63, 3.8) is 0 Å². The normalized spacial score (nSPS) is 13.1. The molecule has 34 nitrogen and oxygen atoms in total. The Hall–Kier alpha value is -11.3. The lowest BCUT2D eigenvalue weighted by molar-refractivity contribution is 0.0988. The van der Waals surface area contributed by atoms with Crippen molar-refractivity contribution in [1.29, 1.82) is 0 Å². The molecule has 0 radical (unpaired) electrons. The van der Waals surface area contributed by atoms with Gasteiger partial charge in [-0.15, -0.1) is 48.4 Å². The number of halogens is 1. The summed E-state index contributed by atoms with van der Waals surface area (Å²) >= 11 is 1.28. The van der Waals surface area contributed by atoms with E-state index in [1.54, 1.807) is 18.2 Å². The van der Waals surface area contributed by atoms with Crippen molar-refractivity contribution in [2.45, 2.75) is 89.8 Å². The van der Waals surface area contributed by atoms with E-state index in [1.807, 2.05) is 31.2 Å². The van der Waals surface area contributed by atoms with Crippen LogP contribution in [0.2, 0.25) is 0 Å². The number of carbonyl (C=O) groups excluding carboxylic acids is 3. The standard InChI is InChI=1S/C20H23N7O4.C18H16FN7O5.C16H15N7O4S/c1-12-5-7-13(8-6-12)16(28)10-26-23-17(22-24-26)11-25-9-15(18(21)29)19(30)27(20(25)31)14-3-2-4-14;1-24-17(29)10(16(20)28)6-25(18(24)30)8-14-21-23-26(22-14)7-12(27)13-5-9-3-2-4-11(19)15(9)31-13;1-3-9-4-5-12(28-9)11(24)7-23-19-13(18-20-23)8-22-6-10(14(17)25)15(26)21(2)16(22)27/h5-9,14,16,28H,2-4,10-11H2,1H3,(H2,21,29);2-6,12,27H,7-8H2,1H3,(H2,20,28);1,4-6,11,24H,7-8H2,2H3,(H2,17,25)/t16-;12-;11-/m000/s1. The van der Waals surface area contributed by atoms with Crippen LogP contribution in [0.5, 0.6) is 0 Å². The number of nitrogens with two attached hydrogens (primary N) is 3. The smallest absolute Gasteiger partial charge is 0.331 e. The number of furan rings is 1. The summed E-state index contributed by atoms with van der Waals surface area (Å²) in [7, 11) is 2.45. The molecule has 0 saturated heterocycles. The SMILES string of the molecule is C#Cc1ccc([C@@H](O)Cn2nnc(Cn3cc(C(N)=O)c(=O)n(C)c3=O)n2)s1.Cc1ccc([C@@H](O)Cn2nnc(Cn3cc(C(N)=O)c(=O)n(C4CCC4)c3=O)n2)cc1.Cn1c(=O)c(C(N)=O)cn(Cc2nnn(C[C@H](O)c3cc4cccc(F)c4o3)n2)c1=O. The van der Waals surface area contributed by atoms with Crippen molar-refractivity contribution >= 4 is 40.0 Å². The summed E-state index contributed by atoms with van der Waals surface area (Å²) in [6.07, 6.45) is 7.97. The largest absolute Gasteiger partial charge is 0.455 e. The minimum atomic E-state index is -1.18. The molecule has 9 N–H and O–H groups in total. The number of rotatable bonds is 19. The van der Waals surface area contributed by atoms with Crippen LogP contribution < -0.4 is 50.9 Å². The highest BCUT2D eigenvalue weighted by Gasteiger charge is 2.27. The lowest BCUT2D eigenvalue weighted by Gasteiger charge is -2.27. The number of carbonyl (C=O) groups is 3. The fourth-order valence-corrected chi connectivity index (χ4v) is 9.75. The topological polar surface area (TPSA) is 466 Å². The minimum Gasteiger partial charge on any atom is -0.455 e. The number of aliphatic hydroxyl groups excluding tert-OH is 3. The van der Waals surface area contributed by atoms with Gasteiger partial charge in [-0.2, -0.15) is 14.4 Å². The first-order chi connectivity index (χ1) is 42.9. The second-order valence-electron chi connectivity index (χ2n) is 20.3. The maximum atomic E-state index is 13.8. The van der Waals surface area contributed by atoms with Gasteiger partial charge in [-0.25, -0.2) is 18.8 Å². The Labute approximate surface area is 506 Å². The number of tetrazole rings is 3. The Morgan fingerprint density at radius 2 is 1.12 bits per heavy atom. The average molecular weight is 1260 g/mol. The Balaban J connectivity index is 0.000000160. The lowest BCUT2D eigenvalue weighted by Crippen LogP contribution is -2.46. The first kappa shape index (κ1) is 63.2. The second kappa shape index (κ2) is 26.8. The zero-order valence-corrected chi connectivity index (χ0v) is 48.6. The van der Waals surface area contributed by atoms with E-state index in [1.165, 1.54) is 57.8 Å². The number of aliphatic hydroxyl groups is 3. The van der Waals surface area contributed by atoms with Gasteiger partial charge in [0.1, 0.15) is 40.8 Å². The van der Waals surface area contributed by atoms with Gasteiger partial charge >= 0.3 is 17.1 Å². The number of thiophene rings is 1. The molecule has 1 aliphatic rings. The number of aromatic nitrogens is 18. The third kappa shape index (κ3) is 14.1. The predicted octanol–water partition coefficient (Wildman–Crippen LogP) is -2.33. The van der Waals surface area contributed by atoms with Crippen LogP contribution in [0.4, 0.5) is 4.39 Å². The average Bonchev–Trinajstić information content (AvgIpc) is 0.987. The Bertz CT molecular complexity index is 4780. The molecule has 0 aliphatic heterocycles. The van der Waals surface area contributed by atoms with Gasteiger partial charge in [-0.3, -0.25) is 56.2 Å². The Morgan fingerprint density at radius 1 is 0.656 bits per heavy atom. The quantitative estimate of drug-likeness (QED) is 0.0462. The van der Waals surface area contributed by atoms with Crippen LogP contribution in [0.15, 0.2) is 112 Å². The molecule has 2 aromatic carbocycles. The molecule has 36 heteroatoms. The third-order valence-corrected chi connectivity index (χ3v) is 15.1. The number of benzene rings is 2. The van der Waals surface area contributed by atoms with E-state index in [2.05, 4.69) is 52.2 Å². The Kier molecular flexibility index (Phi) is 18.8. The monoisotopic (exact) mass is 1260 g/mol. The molecule has 10 aromatic rings. The number of amides is 3.